The molecule has 12 rings (SSSR count). The molecule has 0 N–H and O–H groups in total. The second-order valence-electron chi connectivity index (χ2n) is 15.4. The van der Waals surface area contributed by atoms with E-state index in [2.05, 4.69) is 150 Å². The molecular weight excluding hydrogens is 775 g/mol. The van der Waals surface area contributed by atoms with Crippen molar-refractivity contribution in [1.29, 1.82) is 0 Å². The summed E-state index contributed by atoms with van der Waals surface area (Å²) < 4.78 is 4.85. The van der Waals surface area contributed by atoms with Gasteiger partial charge in [0.15, 0.2) is 17.5 Å². The van der Waals surface area contributed by atoms with Gasteiger partial charge in [0.1, 0.15) is 0 Å². The Bertz CT molecular complexity index is 3560. The lowest BCUT2D eigenvalue weighted by Gasteiger charge is -2.15. The number of hydrogen-bond acceptors (Lipinski definition) is 5. The number of para-hydroxylation sites is 2. The Balaban J connectivity index is 1.09. The lowest BCUT2D eigenvalue weighted by molar-refractivity contribution is 1.07. The fourth-order valence-electron chi connectivity index (χ4n) is 8.79. The van der Waals surface area contributed by atoms with Crippen molar-refractivity contribution >= 4 is 53.3 Å². The number of nitrogens with zero attached hydrogens (tertiary/aromatic N) is 5. The first-order valence-corrected chi connectivity index (χ1v) is 21.5. The Morgan fingerprint density at radius 2 is 0.903 bits per heavy atom. The molecule has 0 radical (unpaired) electrons. The van der Waals surface area contributed by atoms with Crippen LogP contribution in [0.5, 0.6) is 0 Å². The molecule has 0 atom stereocenters. The molecule has 0 aliphatic rings. The van der Waals surface area contributed by atoms with Crippen LogP contribution in [0.1, 0.15) is 0 Å². The summed E-state index contributed by atoms with van der Waals surface area (Å²) in [6, 6.07) is 72.4. The van der Waals surface area contributed by atoms with E-state index in [1.54, 1.807) is 0 Å². The Morgan fingerprint density at radius 3 is 1.60 bits per heavy atom. The molecule has 12 aromatic rings. The monoisotopic (exact) mass is 809 g/mol. The van der Waals surface area contributed by atoms with E-state index in [4.69, 9.17) is 19.9 Å². The zero-order valence-corrected chi connectivity index (χ0v) is 34.2. The van der Waals surface area contributed by atoms with Gasteiger partial charge in [-0.15, -0.1) is 11.3 Å². The van der Waals surface area contributed by atoms with E-state index in [0.29, 0.717) is 17.5 Å². The number of aromatic nitrogens is 5. The standard InChI is InChI=1S/C56H35N5S/c1-5-17-36(18-6-1)42-25-13-14-26-43(42)40-32-48(56-59-54(37-19-7-2-8-20-37)58-55(60-56)38-21-9-3-10-22-38)53(57-35-40)39-29-30-51-46(31-39)47-33-45-44-27-15-16-28-49(44)61(41-23-11-4-12-24-41)50(45)34-52(47)62-51/h1-35H. The van der Waals surface area contributed by atoms with E-state index in [-0.39, 0.29) is 0 Å². The van der Waals surface area contributed by atoms with E-state index >= 15 is 0 Å². The maximum Gasteiger partial charge on any atom is 0.166 e. The highest BCUT2D eigenvalue weighted by molar-refractivity contribution is 7.25. The van der Waals surface area contributed by atoms with Crippen molar-refractivity contribution in [3.05, 3.63) is 212 Å². The van der Waals surface area contributed by atoms with Crippen molar-refractivity contribution in [2.45, 2.75) is 0 Å². The summed E-state index contributed by atoms with van der Waals surface area (Å²) in [4.78, 5) is 20.8. The average Bonchev–Trinajstić information content (AvgIpc) is 3.88. The molecule has 290 valence electrons. The van der Waals surface area contributed by atoms with Gasteiger partial charge in [-0.1, -0.05) is 158 Å². The summed E-state index contributed by atoms with van der Waals surface area (Å²) in [6.45, 7) is 0. The molecule has 5 nitrogen and oxygen atoms in total. The molecule has 0 unspecified atom stereocenters. The second kappa shape index (κ2) is 14.9. The van der Waals surface area contributed by atoms with Crippen molar-refractivity contribution in [2.24, 2.45) is 0 Å². The molecule has 0 fully saturated rings. The van der Waals surface area contributed by atoms with Crippen LogP contribution in [0.25, 0.3) is 115 Å². The van der Waals surface area contributed by atoms with Crippen molar-refractivity contribution in [1.82, 2.24) is 24.5 Å². The molecule has 0 saturated heterocycles. The maximum atomic E-state index is 5.34. The minimum Gasteiger partial charge on any atom is -0.309 e. The summed E-state index contributed by atoms with van der Waals surface area (Å²) in [5.41, 5.74) is 12.3. The van der Waals surface area contributed by atoms with Crippen LogP contribution in [-0.4, -0.2) is 24.5 Å². The highest BCUT2D eigenvalue weighted by Crippen LogP contribution is 2.43. The molecule has 0 aliphatic carbocycles. The normalized spacial score (nSPS) is 11.5. The lowest BCUT2D eigenvalue weighted by atomic mass is 9.93. The van der Waals surface area contributed by atoms with Crippen LogP contribution < -0.4 is 0 Å². The van der Waals surface area contributed by atoms with Gasteiger partial charge in [-0.05, 0) is 65.2 Å². The lowest BCUT2D eigenvalue weighted by Crippen LogP contribution is -2.02. The maximum absolute atomic E-state index is 5.34. The van der Waals surface area contributed by atoms with Crippen molar-refractivity contribution in [3.63, 3.8) is 0 Å². The molecule has 0 aliphatic heterocycles. The van der Waals surface area contributed by atoms with Crippen LogP contribution in [0.2, 0.25) is 0 Å². The molecule has 0 bridgehead atoms. The molecule has 8 aromatic carbocycles. The molecule has 62 heavy (non-hydrogen) atoms. The van der Waals surface area contributed by atoms with Gasteiger partial charge in [0, 0.05) is 70.6 Å². The number of benzene rings is 8. The average molecular weight is 810 g/mol. The summed E-state index contributed by atoms with van der Waals surface area (Å²) >= 11 is 1.83. The first kappa shape index (κ1) is 35.8. The van der Waals surface area contributed by atoms with Gasteiger partial charge in [0.2, 0.25) is 0 Å². The highest BCUT2D eigenvalue weighted by Gasteiger charge is 2.21. The van der Waals surface area contributed by atoms with Crippen LogP contribution in [-0.2, 0) is 0 Å². The molecular formula is C56H35N5S. The number of fused-ring (bicyclic) bond motifs is 6. The summed E-state index contributed by atoms with van der Waals surface area (Å²) in [6.07, 6.45) is 2.00. The molecule has 0 amide bonds. The summed E-state index contributed by atoms with van der Waals surface area (Å²) in [5, 5.41) is 4.88. The minimum absolute atomic E-state index is 0.560. The zero-order valence-electron chi connectivity index (χ0n) is 33.4. The van der Waals surface area contributed by atoms with Crippen molar-refractivity contribution in [3.8, 4) is 73.4 Å². The molecule has 0 spiro atoms. The first-order valence-electron chi connectivity index (χ1n) is 20.7. The van der Waals surface area contributed by atoms with Crippen molar-refractivity contribution < 1.29 is 0 Å². The van der Waals surface area contributed by atoms with Gasteiger partial charge in [0.05, 0.1) is 16.7 Å². The Labute approximate surface area is 361 Å². The summed E-state index contributed by atoms with van der Waals surface area (Å²) in [7, 11) is 0. The second-order valence-corrected chi connectivity index (χ2v) is 16.5. The quantitative estimate of drug-likeness (QED) is 0.161. The van der Waals surface area contributed by atoms with E-state index in [1.165, 1.54) is 42.0 Å². The third kappa shape index (κ3) is 6.16. The third-order valence-electron chi connectivity index (χ3n) is 11.7. The zero-order chi connectivity index (χ0) is 41.0. The van der Waals surface area contributed by atoms with Crippen LogP contribution in [0.4, 0.5) is 0 Å². The van der Waals surface area contributed by atoms with E-state index in [9.17, 15) is 0 Å². The molecule has 0 saturated carbocycles. The van der Waals surface area contributed by atoms with Gasteiger partial charge >= 0.3 is 0 Å². The van der Waals surface area contributed by atoms with E-state index in [0.717, 1.165) is 55.9 Å². The Morgan fingerprint density at radius 1 is 0.339 bits per heavy atom. The number of pyridine rings is 1. The minimum atomic E-state index is 0.560. The van der Waals surface area contributed by atoms with Gasteiger partial charge in [0.25, 0.3) is 0 Å². The SMILES string of the molecule is c1ccc(-c2nc(-c3ccccc3)nc(-c3cc(-c4ccccc4-c4ccccc4)cnc3-c3ccc4sc5cc6c(cc5c4c3)c3ccccc3n6-c3ccccc3)n2)cc1. The molecule has 6 heteroatoms. The van der Waals surface area contributed by atoms with Crippen LogP contribution in [0, 0.1) is 0 Å². The topological polar surface area (TPSA) is 56.5 Å². The van der Waals surface area contributed by atoms with E-state index < -0.39 is 0 Å². The predicted molar refractivity (Wildman–Crippen MR) is 257 cm³/mol. The Hall–Kier alpha value is -8.06. The molecule has 4 aromatic heterocycles. The third-order valence-corrected chi connectivity index (χ3v) is 12.8. The Kier molecular flexibility index (Phi) is 8.61. The van der Waals surface area contributed by atoms with Crippen LogP contribution in [0.15, 0.2) is 212 Å². The number of thiophene rings is 1. The smallest absolute Gasteiger partial charge is 0.166 e. The van der Waals surface area contributed by atoms with E-state index in [1.807, 2.05) is 78.2 Å². The van der Waals surface area contributed by atoms with Crippen LogP contribution >= 0.6 is 11.3 Å². The largest absolute Gasteiger partial charge is 0.309 e. The van der Waals surface area contributed by atoms with Gasteiger partial charge in [-0.25, -0.2) is 15.0 Å². The van der Waals surface area contributed by atoms with Crippen LogP contribution in [0.3, 0.4) is 0 Å². The van der Waals surface area contributed by atoms with Crippen molar-refractivity contribution in [2.75, 3.05) is 0 Å². The number of rotatable bonds is 7. The summed E-state index contributed by atoms with van der Waals surface area (Å²) in [5.74, 6) is 1.77. The predicted octanol–water partition coefficient (Wildman–Crippen LogP) is 14.7. The van der Waals surface area contributed by atoms with Gasteiger partial charge in [-0.3, -0.25) is 4.98 Å². The fourth-order valence-corrected chi connectivity index (χ4v) is 9.89. The fraction of sp³-hybridized carbons (Fsp3) is 0. The van der Waals surface area contributed by atoms with Gasteiger partial charge < -0.3 is 4.57 Å². The van der Waals surface area contributed by atoms with Gasteiger partial charge in [-0.2, -0.15) is 0 Å². The number of hydrogen-bond donors (Lipinski definition) is 0. The highest BCUT2D eigenvalue weighted by atomic mass is 32.1. The molecule has 4 heterocycles. The first-order chi connectivity index (χ1) is 30.7.